The second kappa shape index (κ2) is 15.7. The van der Waals surface area contributed by atoms with Crippen molar-refractivity contribution in [2.24, 2.45) is 4.99 Å². The Morgan fingerprint density at radius 1 is 1.24 bits per heavy atom. The summed E-state index contributed by atoms with van der Waals surface area (Å²) >= 11 is 1.58. The van der Waals surface area contributed by atoms with Gasteiger partial charge in [-0.3, -0.25) is 15.5 Å². The number of urea groups is 1. The van der Waals surface area contributed by atoms with Crippen molar-refractivity contribution in [3.05, 3.63) is 94.0 Å². The van der Waals surface area contributed by atoms with Crippen LogP contribution in [0, 0.1) is 36.8 Å². The van der Waals surface area contributed by atoms with Gasteiger partial charge in [0.15, 0.2) is 5.82 Å². The van der Waals surface area contributed by atoms with Crippen molar-refractivity contribution < 1.29 is 13.6 Å². The smallest absolute Gasteiger partial charge is 0.334 e. The molecule has 1 aliphatic heterocycles. The number of anilines is 1. The van der Waals surface area contributed by atoms with Gasteiger partial charge in [-0.05, 0) is 101 Å². The number of nitriles is 1. The molecule has 8 nitrogen and oxygen atoms in total. The number of amides is 2. The third-order valence-corrected chi connectivity index (χ3v) is 8.69. The van der Waals surface area contributed by atoms with E-state index in [0.717, 1.165) is 30.4 Å². The number of hydrogen-bond acceptors (Lipinski definition) is 6. The minimum atomic E-state index is -0.617. The SMILES string of the molecule is C=C1N(Cc2cc(C#N)c(F)cc2C)C(=Nc2cc(C)c(N(C)C(NC)SC)cc2F)NC(=O)N1C(/C=C(/C)CCCC)=C/C. The molecule has 1 heterocycles. The molecule has 0 bridgehead atoms. The summed E-state index contributed by atoms with van der Waals surface area (Å²) < 4.78 is 30.0. The number of benzene rings is 2. The zero-order valence-corrected chi connectivity index (χ0v) is 28.2. The molecule has 240 valence electrons. The predicted molar refractivity (Wildman–Crippen MR) is 181 cm³/mol. The average Bonchev–Trinajstić information content (AvgIpc) is 3.00. The Labute approximate surface area is 270 Å². The molecule has 0 aromatic heterocycles. The Morgan fingerprint density at radius 2 is 1.96 bits per heavy atom. The number of unbranched alkanes of at least 4 members (excludes halogenated alkanes) is 1. The van der Waals surface area contributed by atoms with E-state index in [0.29, 0.717) is 22.5 Å². The van der Waals surface area contributed by atoms with E-state index in [2.05, 4.69) is 29.1 Å². The van der Waals surface area contributed by atoms with E-state index in [1.807, 2.05) is 64.2 Å². The zero-order chi connectivity index (χ0) is 33.4. The van der Waals surface area contributed by atoms with Crippen LogP contribution >= 0.6 is 11.8 Å². The van der Waals surface area contributed by atoms with Crippen LogP contribution in [0.25, 0.3) is 0 Å². The third-order valence-electron chi connectivity index (χ3n) is 7.69. The van der Waals surface area contributed by atoms with Gasteiger partial charge in [-0.15, -0.1) is 11.8 Å². The van der Waals surface area contributed by atoms with E-state index < -0.39 is 17.7 Å². The summed E-state index contributed by atoms with van der Waals surface area (Å²) in [5.41, 5.74) is 4.29. The number of thioether (sulfide) groups is 1. The molecule has 45 heavy (non-hydrogen) atoms. The van der Waals surface area contributed by atoms with Gasteiger partial charge in [0.05, 0.1) is 12.1 Å². The molecule has 0 spiro atoms. The van der Waals surface area contributed by atoms with Crippen molar-refractivity contribution in [2.45, 2.75) is 65.9 Å². The molecule has 11 heteroatoms. The maximum atomic E-state index is 15.7. The number of nitrogens with zero attached hydrogens (tertiary/aromatic N) is 5. The summed E-state index contributed by atoms with van der Waals surface area (Å²) in [5, 5.41) is 15.5. The quantitative estimate of drug-likeness (QED) is 0.183. The van der Waals surface area contributed by atoms with E-state index in [9.17, 15) is 14.4 Å². The van der Waals surface area contributed by atoms with Crippen LogP contribution in [0.4, 0.5) is 25.0 Å². The van der Waals surface area contributed by atoms with Crippen molar-refractivity contribution in [1.82, 2.24) is 20.4 Å². The van der Waals surface area contributed by atoms with E-state index >= 15 is 4.39 Å². The summed E-state index contributed by atoms with van der Waals surface area (Å²) in [6, 6.07) is 7.22. The zero-order valence-electron chi connectivity index (χ0n) is 27.4. The number of allylic oxidation sites excluding steroid dienone is 3. The Kier molecular flexibility index (Phi) is 12.4. The number of rotatable bonds is 12. The number of aryl methyl sites for hydroxylation is 2. The molecule has 1 atom stereocenters. The molecule has 0 saturated carbocycles. The molecule has 2 N–H and O–H groups in total. The van der Waals surface area contributed by atoms with Crippen molar-refractivity contribution in [2.75, 3.05) is 25.3 Å². The van der Waals surface area contributed by atoms with Crippen molar-refractivity contribution in [3.8, 4) is 6.07 Å². The normalized spacial score (nSPS) is 15.8. The van der Waals surface area contributed by atoms with Crippen LogP contribution in [0.1, 0.15) is 62.3 Å². The second-order valence-electron chi connectivity index (χ2n) is 11.0. The monoisotopic (exact) mass is 635 g/mol. The van der Waals surface area contributed by atoms with Gasteiger partial charge < -0.3 is 4.90 Å². The number of carbonyl (C=O) groups excluding carboxylic acids is 1. The first-order chi connectivity index (χ1) is 21.4. The summed E-state index contributed by atoms with van der Waals surface area (Å²) in [7, 11) is 3.72. The van der Waals surface area contributed by atoms with Gasteiger partial charge in [-0.1, -0.05) is 31.6 Å². The standard InChI is InChI=1S/C34H43F2N7OS/c1-10-12-13-21(3)14-27(11-2)43-24(6)42(20-26-17-25(19-37)28(35)15-22(26)4)32(40-33(43)44)39-30-16-23(5)31(18-29(30)36)41(8)34(38-7)45-9/h11,14-18,34,38H,6,10,12-13,20H2,1-5,7-9H3,(H,39,40,44)/b21-14-,27-11+. The Hall–Kier alpha value is -4.14. The lowest BCUT2D eigenvalue weighted by molar-refractivity contribution is 0.206. The van der Waals surface area contributed by atoms with Crippen LogP contribution < -0.4 is 15.5 Å². The third kappa shape index (κ3) is 8.12. The minimum Gasteiger partial charge on any atom is -0.350 e. The Morgan fingerprint density at radius 3 is 2.56 bits per heavy atom. The van der Waals surface area contributed by atoms with Crippen LogP contribution in [0.15, 0.2) is 65.1 Å². The molecule has 0 aliphatic carbocycles. The van der Waals surface area contributed by atoms with E-state index in [4.69, 9.17) is 0 Å². The largest absolute Gasteiger partial charge is 0.350 e. The fourth-order valence-corrected chi connectivity index (χ4v) is 5.80. The van der Waals surface area contributed by atoms with Gasteiger partial charge in [0.2, 0.25) is 5.96 Å². The van der Waals surface area contributed by atoms with Gasteiger partial charge in [-0.2, -0.15) is 5.26 Å². The molecule has 3 rings (SSSR count). The average molecular weight is 636 g/mol. The highest BCUT2D eigenvalue weighted by Gasteiger charge is 2.34. The lowest BCUT2D eigenvalue weighted by Crippen LogP contribution is -2.57. The number of carbonyl (C=O) groups is 1. The molecule has 1 saturated heterocycles. The maximum Gasteiger partial charge on any atom is 0.334 e. The van der Waals surface area contributed by atoms with E-state index in [1.165, 1.54) is 23.1 Å². The first kappa shape index (κ1) is 35.3. The number of halogens is 2. The molecule has 1 aliphatic rings. The topological polar surface area (TPSA) is 87.0 Å². The van der Waals surface area contributed by atoms with Gasteiger partial charge in [0.25, 0.3) is 0 Å². The minimum absolute atomic E-state index is 0.0338. The molecule has 2 aromatic rings. The number of guanidine groups is 1. The highest BCUT2D eigenvalue weighted by atomic mass is 32.2. The first-order valence-electron chi connectivity index (χ1n) is 14.8. The molecular weight excluding hydrogens is 592 g/mol. The van der Waals surface area contributed by atoms with Crippen molar-refractivity contribution in [1.29, 1.82) is 5.26 Å². The number of hydrogen-bond donors (Lipinski definition) is 2. The Bertz CT molecular complexity index is 1570. The van der Waals surface area contributed by atoms with Crippen LogP contribution in [-0.4, -0.2) is 47.6 Å². The molecule has 1 unspecified atom stereocenters. The van der Waals surface area contributed by atoms with Gasteiger partial charge in [-0.25, -0.2) is 23.5 Å². The van der Waals surface area contributed by atoms with Crippen LogP contribution in [0.2, 0.25) is 0 Å². The molecule has 2 amide bonds. The predicted octanol–water partition coefficient (Wildman–Crippen LogP) is 7.78. The fraction of sp³-hybridized carbons (Fsp3) is 0.382. The molecule has 2 aromatic carbocycles. The molecular formula is C34H43F2N7OS. The fourth-order valence-electron chi connectivity index (χ4n) is 5.13. The van der Waals surface area contributed by atoms with Crippen LogP contribution in [0.3, 0.4) is 0 Å². The molecule has 0 radical (unpaired) electrons. The van der Waals surface area contributed by atoms with Gasteiger partial charge >= 0.3 is 6.03 Å². The second-order valence-corrected chi connectivity index (χ2v) is 11.9. The van der Waals surface area contributed by atoms with Crippen molar-refractivity contribution >= 4 is 35.1 Å². The highest BCUT2D eigenvalue weighted by molar-refractivity contribution is 7.99. The van der Waals surface area contributed by atoms with E-state index in [-0.39, 0.29) is 35.1 Å². The van der Waals surface area contributed by atoms with E-state index in [1.54, 1.807) is 29.7 Å². The van der Waals surface area contributed by atoms with Crippen LogP contribution in [-0.2, 0) is 6.54 Å². The lowest BCUT2D eigenvalue weighted by Gasteiger charge is -2.40. The summed E-state index contributed by atoms with van der Waals surface area (Å²) in [6.45, 7) is 13.9. The van der Waals surface area contributed by atoms with Gasteiger partial charge in [0, 0.05) is 18.4 Å². The number of nitrogens with one attached hydrogen (secondary N) is 2. The molecule has 1 fully saturated rings. The lowest BCUT2D eigenvalue weighted by atomic mass is 10.0. The van der Waals surface area contributed by atoms with Crippen LogP contribution in [0.5, 0.6) is 0 Å². The summed E-state index contributed by atoms with van der Waals surface area (Å²) in [4.78, 5) is 23.2. The van der Waals surface area contributed by atoms with Crippen molar-refractivity contribution in [3.63, 3.8) is 0 Å². The first-order valence-corrected chi connectivity index (χ1v) is 16.1. The summed E-state index contributed by atoms with van der Waals surface area (Å²) in [6.07, 6.45) is 8.68. The number of aliphatic imine (C=N–C) groups is 1. The summed E-state index contributed by atoms with van der Waals surface area (Å²) in [5.74, 6) is -0.852. The maximum absolute atomic E-state index is 15.7. The highest BCUT2D eigenvalue weighted by Crippen LogP contribution is 2.32. The Balaban J connectivity index is 2.14. The van der Waals surface area contributed by atoms with Gasteiger partial charge in [0.1, 0.15) is 28.9 Å².